The summed E-state index contributed by atoms with van der Waals surface area (Å²) in [4.78, 5) is 117. The van der Waals surface area contributed by atoms with Crippen molar-refractivity contribution < 1.29 is 132 Å². The van der Waals surface area contributed by atoms with Crippen LogP contribution in [-0.2, 0) is 42.9 Å². The van der Waals surface area contributed by atoms with Gasteiger partial charge in [-0.3, -0.25) is 28.8 Å². The molecule has 2 unspecified atom stereocenters. The maximum absolute atomic E-state index is 13.5. The van der Waals surface area contributed by atoms with E-state index in [-0.39, 0.29) is 96.5 Å². The molecule has 27 nitrogen and oxygen atoms in total. The van der Waals surface area contributed by atoms with Crippen LogP contribution in [-0.4, -0.2) is 224 Å². The number of rotatable bonds is 36. The van der Waals surface area contributed by atoms with Crippen molar-refractivity contribution >= 4 is 76.9 Å². The fourth-order valence-electron chi connectivity index (χ4n) is 11.4. The molecule has 0 bridgehead atoms. The fraction of sp³-hybridized carbons (Fsp3) is 0.384. The first-order valence-corrected chi connectivity index (χ1v) is 35.3. The number of thioether (sulfide) groups is 2. The number of carboxylic acids is 2. The first kappa shape index (κ1) is 82.2. The van der Waals surface area contributed by atoms with Crippen molar-refractivity contribution in [2.45, 2.75) is 112 Å². The van der Waals surface area contributed by atoms with Gasteiger partial charge < -0.3 is 91.3 Å². The van der Waals surface area contributed by atoms with Gasteiger partial charge in [-0.1, -0.05) is 103 Å². The predicted molar refractivity (Wildman–Crippen MR) is 376 cm³/mol. The Hall–Kier alpha value is -8.11. The standard InChI is InChI=1S/C73H84N6O21S2.Na/c1-44(80)78-59-55(82)40-72(70(92)93,99-63(59)61(85)56(83)42-76-67(89)52-24-20-48(21-25-52)46-14-6-3-7-15-46)96-34-12-36-101-38-32-74-65(87)50-28-30-51(31-29-50)66(88)75-33-39-102-37-13-35-97-73(71(94)95)41-58(98-69(91)54-18-10-5-11-19-54)60(79-45(2)81)64(100-73)62(86)57(84)43-77-68(90)53-26-22-49(23-27-53)47-16-8-4-9-17-47;/h3-11,14-31,55-64,82-86H,12-13,32-43H2,1-2H3,(H,74,87)(H,75,88)(H,76,89)(H,77,90)(H,78,80)(H,79,81)(H,92,93)(H,94,95);/q;+1/t55-,56+,57+,58-,59+,60+,61?,62?,63+,64+,72+,73+;/m0./s1. The van der Waals surface area contributed by atoms with E-state index < -0.39 is 152 Å². The van der Waals surface area contributed by atoms with E-state index in [2.05, 4.69) is 31.9 Å². The fourth-order valence-corrected chi connectivity index (χ4v) is 12.9. The van der Waals surface area contributed by atoms with Gasteiger partial charge in [0.15, 0.2) is 0 Å². The molecular weight excluding hydrogens is 1380 g/mol. The topological polar surface area (TPSA) is 414 Å². The Morgan fingerprint density at radius 2 is 0.816 bits per heavy atom. The van der Waals surface area contributed by atoms with Crippen LogP contribution in [0.2, 0.25) is 0 Å². The van der Waals surface area contributed by atoms with Gasteiger partial charge in [0.25, 0.3) is 35.2 Å². The van der Waals surface area contributed by atoms with Crippen LogP contribution in [0.1, 0.15) is 91.3 Å². The number of aliphatic hydroxyl groups excluding tert-OH is 5. The molecule has 0 saturated carbocycles. The Bertz CT molecular complexity index is 3780. The third-order valence-electron chi connectivity index (χ3n) is 16.7. The van der Waals surface area contributed by atoms with Crippen LogP contribution in [0.25, 0.3) is 22.3 Å². The summed E-state index contributed by atoms with van der Waals surface area (Å²) < 4.78 is 29.5. The second-order valence-electron chi connectivity index (χ2n) is 24.2. The van der Waals surface area contributed by atoms with Gasteiger partial charge in [-0.15, -0.1) is 0 Å². The molecule has 0 aromatic heterocycles. The van der Waals surface area contributed by atoms with E-state index in [9.17, 15) is 78.9 Å². The molecule has 2 aliphatic heterocycles. The second-order valence-corrected chi connectivity index (χ2v) is 26.6. The van der Waals surface area contributed by atoms with Gasteiger partial charge in [-0.2, -0.15) is 23.5 Å². The Labute approximate surface area is 625 Å². The zero-order valence-electron chi connectivity index (χ0n) is 56.9. The van der Waals surface area contributed by atoms with Gasteiger partial charge in [0.1, 0.15) is 30.5 Å². The van der Waals surface area contributed by atoms with E-state index in [1.807, 2.05) is 60.7 Å². The number of benzene rings is 6. The van der Waals surface area contributed by atoms with Gasteiger partial charge in [0, 0.05) is 80.2 Å². The van der Waals surface area contributed by atoms with Crippen LogP contribution in [0.4, 0.5) is 0 Å². The number of aliphatic hydroxyl groups is 5. The zero-order chi connectivity index (χ0) is 73.3. The molecule has 0 aliphatic carbocycles. The molecule has 13 N–H and O–H groups in total. The molecule has 0 spiro atoms. The Balaban J connectivity index is 0.0000149. The molecule has 2 fully saturated rings. The van der Waals surface area contributed by atoms with Crippen LogP contribution in [0.15, 0.2) is 164 Å². The normalized spacial score (nSPS) is 21.1. The van der Waals surface area contributed by atoms with Gasteiger partial charge in [-0.25, -0.2) is 14.4 Å². The van der Waals surface area contributed by atoms with Crippen molar-refractivity contribution in [1.29, 1.82) is 0 Å². The molecule has 6 aromatic carbocycles. The smallest absolute Gasteiger partial charge is 0.477 e. The molecule has 12 atom stereocenters. The Kier molecular flexibility index (Phi) is 32.1. The number of hydrogen-bond acceptors (Lipinski definition) is 21. The number of hydrogen-bond donors (Lipinski definition) is 13. The molecule has 6 amide bonds. The number of ether oxygens (including phenoxy) is 5. The summed E-state index contributed by atoms with van der Waals surface area (Å²) in [6.07, 6.45) is -14.9. The molecule has 103 heavy (non-hydrogen) atoms. The average molecular weight is 1470 g/mol. The van der Waals surface area contributed by atoms with Gasteiger partial charge in [-0.05, 0) is 107 Å². The number of carboxylic acid groups (broad SMARTS) is 2. The quantitative estimate of drug-likeness (QED) is 0.0147. The minimum absolute atomic E-state index is 0. The maximum atomic E-state index is 13.5. The molecular formula is C73H84N6NaO21S2+. The zero-order valence-corrected chi connectivity index (χ0v) is 60.6. The molecule has 2 saturated heterocycles. The Morgan fingerprint density at radius 1 is 0.466 bits per heavy atom. The van der Waals surface area contributed by atoms with Gasteiger partial charge in [0.05, 0.1) is 55.6 Å². The van der Waals surface area contributed by atoms with E-state index in [0.29, 0.717) is 23.0 Å². The van der Waals surface area contributed by atoms with Crippen LogP contribution in [0.3, 0.4) is 0 Å². The Morgan fingerprint density at radius 3 is 1.21 bits per heavy atom. The first-order valence-electron chi connectivity index (χ1n) is 33.0. The third kappa shape index (κ3) is 23.4. The SMILES string of the molecule is CC(=O)N[C@@H]1[C@@H](OC(=O)c2ccccc2)C[C@](OCCCSCCNC(=O)c2ccc(C(=O)NCCSCCCO[C@]3(C(=O)O)C[C@H](O)[C@@H](NC(C)=O)[C@H](C(O)[C@H](O)CNC(=O)c4ccc(-c5ccccc5)cc4)O3)cc2)(C(=O)O)O[C@H]1C(O)[C@H](O)CNC(=O)c1ccc(-c2ccccc2)cc1.[Na+]. The summed E-state index contributed by atoms with van der Waals surface area (Å²) in [5.41, 5.74) is 4.77. The molecule has 0 radical (unpaired) electrons. The molecule has 2 heterocycles. The third-order valence-corrected chi connectivity index (χ3v) is 18.8. The summed E-state index contributed by atoms with van der Waals surface area (Å²) in [6.45, 7) is 1.28. The van der Waals surface area contributed by atoms with Gasteiger partial charge >= 0.3 is 47.5 Å². The molecule has 2 aliphatic rings. The van der Waals surface area contributed by atoms with Crippen molar-refractivity contribution in [3.63, 3.8) is 0 Å². The van der Waals surface area contributed by atoms with Crippen LogP contribution >= 0.6 is 23.5 Å². The van der Waals surface area contributed by atoms with Crippen molar-refractivity contribution in [2.75, 3.05) is 62.4 Å². The van der Waals surface area contributed by atoms with E-state index in [1.54, 1.807) is 66.7 Å². The number of nitrogens with one attached hydrogen (secondary N) is 6. The van der Waals surface area contributed by atoms with Crippen molar-refractivity contribution in [3.8, 4) is 22.3 Å². The second kappa shape index (κ2) is 40.2. The average Bonchev–Trinajstić information content (AvgIpc) is 0.771. The van der Waals surface area contributed by atoms with E-state index >= 15 is 0 Å². The number of carbonyl (C=O) groups is 9. The molecule has 544 valence electrons. The first-order chi connectivity index (χ1) is 49.0. The van der Waals surface area contributed by atoms with Crippen molar-refractivity contribution in [3.05, 3.63) is 192 Å². The number of amides is 6. The van der Waals surface area contributed by atoms with E-state index in [1.165, 1.54) is 59.9 Å². The predicted octanol–water partition coefficient (Wildman–Crippen LogP) is 0.803. The van der Waals surface area contributed by atoms with Crippen molar-refractivity contribution in [2.24, 2.45) is 0 Å². The van der Waals surface area contributed by atoms with Crippen LogP contribution in [0.5, 0.6) is 0 Å². The monoisotopic (exact) mass is 1470 g/mol. The molecule has 8 rings (SSSR count). The van der Waals surface area contributed by atoms with Crippen LogP contribution < -0.4 is 61.5 Å². The molecule has 6 aromatic rings. The summed E-state index contributed by atoms with van der Waals surface area (Å²) in [6, 6.07) is 43.3. The summed E-state index contributed by atoms with van der Waals surface area (Å²) in [5.74, 6) is -10.8. The number of carbonyl (C=O) groups excluding carboxylic acids is 7. The van der Waals surface area contributed by atoms with E-state index in [4.69, 9.17) is 23.7 Å². The summed E-state index contributed by atoms with van der Waals surface area (Å²) >= 11 is 2.82. The summed E-state index contributed by atoms with van der Waals surface area (Å²) in [7, 11) is 0. The summed E-state index contributed by atoms with van der Waals surface area (Å²) in [5, 5.41) is 93.5. The maximum Gasteiger partial charge on any atom is 1.00 e. The minimum atomic E-state index is -2.59. The molecule has 30 heteroatoms. The minimum Gasteiger partial charge on any atom is -0.477 e. The largest absolute Gasteiger partial charge is 1.00 e. The van der Waals surface area contributed by atoms with Crippen molar-refractivity contribution in [1.82, 2.24) is 31.9 Å². The van der Waals surface area contributed by atoms with E-state index in [0.717, 1.165) is 36.1 Å². The number of esters is 1. The van der Waals surface area contributed by atoms with Crippen LogP contribution in [0, 0.1) is 0 Å². The van der Waals surface area contributed by atoms with Gasteiger partial charge in [0.2, 0.25) is 11.8 Å². The number of aliphatic carboxylic acids is 2.